The fraction of sp³-hybridized carbons (Fsp3) is 0.167. The Hall–Kier alpha value is -1.04. The average molecular weight is 292 g/mol. The molecule has 1 aromatic heterocycles. The van der Waals surface area contributed by atoms with Gasteiger partial charge in [-0.05, 0) is 23.6 Å². The van der Waals surface area contributed by atoms with Gasteiger partial charge in [0.15, 0.2) is 0 Å². The summed E-state index contributed by atoms with van der Waals surface area (Å²) >= 11 is 7.17. The van der Waals surface area contributed by atoms with Crippen LogP contribution in [-0.4, -0.2) is 0 Å². The minimum Gasteiger partial charge on any atom is -0.320 e. The lowest BCUT2D eigenvalue weighted by atomic mass is 9.99. The standard InChI is InChI=1S/C12H9ClF3NS/c13-8-4-1-3-7(12(14,15)16)10(8)11(17)9-5-2-6-18-9/h1-6,11H,17H2/t11-/m0/s1. The number of nitrogens with two attached hydrogens (primary N) is 1. The van der Waals surface area contributed by atoms with E-state index >= 15 is 0 Å². The van der Waals surface area contributed by atoms with Crippen LogP contribution < -0.4 is 5.73 Å². The third-order valence-corrected chi connectivity index (χ3v) is 3.80. The zero-order valence-corrected chi connectivity index (χ0v) is 10.6. The molecule has 0 radical (unpaired) electrons. The molecular formula is C12H9ClF3NS. The van der Waals surface area contributed by atoms with Crippen molar-refractivity contribution in [2.75, 3.05) is 0 Å². The van der Waals surface area contributed by atoms with Crippen molar-refractivity contribution in [1.29, 1.82) is 0 Å². The van der Waals surface area contributed by atoms with Crippen molar-refractivity contribution < 1.29 is 13.2 Å². The van der Waals surface area contributed by atoms with Gasteiger partial charge in [0, 0.05) is 15.5 Å². The second kappa shape index (κ2) is 4.91. The van der Waals surface area contributed by atoms with Crippen LogP contribution in [0.4, 0.5) is 13.2 Å². The average Bonchev–Trinajstić information content (AvgIpc) is 2.80. The molecule has 0 aliphatic carbocycles. The molecule has 0 amide bonds. The topological polar surface area (TPSA) is 26.0 Å². The molecule has 18 heavy (non-hydrogen) atoms. The van der Waals surface area contributed by atoms with Gasteiger partial charge >= 0.3 is 6.18 Å². The second-order valence-corrected chi connectivity index (χ2v) is 5.08. The second-order valence-electron chi connectivity index (χ2n) is 3.69. The maximum atomic E-state index is 12.9. The van der Waals surface area contributed by atoms with Gasteiger partial charge < -0.3 is 5.73 Å². The molecular weight excluding hydrogens is 283 g/mol. The summed E-state index contributed by atoms with van der Waals surface area (Å²) in [6.45, 7) is 0. The molecule has 0 aliphatic heterocycles. The van der Waals surface area contributed by atoms with Gasteiger partial charge in [-0.2, -0.15) is 13.2 Å². The minimum atomic E-state index is -4.46. The van der Waals surface area contributed by atoms with E-state index < -0.39 is 17.8 Å². The van der Waals surface area contributed by atoms with Crippen LogP contribution in [0, 0.1) is 0 Å². The first-order chi connectivity index (χ1) is 8.41. The molecule has 0 spiro atoms. The Morgan fingerprint density at radius 3 is 2.44 bits per heavy atom. The summed E-state index contributed by atoms with van der Waals surface area (Å²) < 4.78 is 38.8. The lowest BCUT2D eigenvalue weighted by Gasteiger charge is -2.18. The first-order valence-corrected chi connectivity index (χ1v) is 6.31. The fourth-order valence-corrected chi connectivity index (χ4v) is 2.74. The summed E-state index contributed by atoms with van der Waals surface area (Å²) in [7, 11) is 0. The first kappa shape index (κ1) is 13.4. The molecule has 1 nitrogen and oxygen atoms in total. The lowest BCUT2D eigenvalue weighted by Crippen LogP contribution is -2.18. The highest BCUT2D eigenvalue weighted by molar-refractivity contribution is 7.10. The van der Waals surface area contributed by atoms with Crippen molar-refractivity contribution in [2.45, 2.75) is 12.2 Å². The first-order valence-electron chi connectivity index (χ1n) is 5.06. The van der Waals surface area contributed by atoms with Crippen LogP contribution in [-0.2, 0) is 6.18 Å². The highest BCUT2D eigenvalue weighted by Gasteiger charge is 2.36. The van der Waals surface area contributed by atoms with E-state index in [-0.39, 0.29) is 10.6 Å². The van der Waals surface area contributed by atoms with Gasteiger partial charge in [0.2, 0.25) is 0 Å². The molecule has 0 aliphatic rings. The van der Waals surface area contributed by atoms with Gasteiger partial charge in [-0.3, -0.25) is 0 Å². The van der Waals surface area contributed by atoms with Gasteiger partial charge in [-0.15, -0.1) is 11.3 Å². The van der Waals surface area contributed by atoms with Gasteiger partial charge in [0.1, 0.15) is 0 Å². The van der Waals surface area contributed by atoms with Crippen molar-refractivity contribution in [3.05, 3.63) is 56.7 Å². The van der Waals surface area contributed by atoms with Crippen molar-refractivity contribution in [3.8, 4) is 0 Å². The Bertz CT molecular complexity index is 537. The molecule has 2 rings (SSSR count). The Kier molecular flexibility index (Phi) is 3.66. The van der Waals surface area contributed by atoms with Crippen molar-refractivity contribution >= 4 is 22.9 Å². The number of hydrogen-bond acceptors (Lipinski definition) is 2. The van der Waals surface area contributed by atoms with Crippen LogP contribution in [0.2, 0.25) is 5.02 Å². The van der Waals surface area contributed by atoms with Crippen LogP contribution in [0.5, 0.6) is 0 Å². The molecule has 0 bridgehead atoms. The molecule has 0 unspecified atom stereocenters. The van der Waals surface area contributed by atoms with Crippen molar-refractivity contribution in [1.82, 2.24) is 0 Å². The molecule has 0 fully saturated rings. The Morgan fingerprint density at radius 1 is 1.17 bits per heavy atom. The van der Waals surface area contributed by atoms with E-state index in [1.165, 1.54) is 23.5 Å². The number of hydrogen-bond donors (Lipinski definition) is 1. The third kappa shape index (κ3) is 2.53. The molecule has 0 saturated heterocycles. The van der Waals surface area contributed by atoms with Crippen molar-refractivity contribution in [2.24, 2.45) is 5.73 Å². The molecule has 2 aromatic rings. The summed E-state index contributed by atoms with van der Waals surface area (Å²) in [5, 5.41) is 1.80. The highest BCUT2D eigenvalue weighted by Crippen LogP contribution is 2.39. The smallest absolute Gasteiger partial charge is 0.320 e. The number of halogens is 4. The summed E-state index contributed by atoms with van der Waals surface area (Å²) in [5.74, 6) is 0. The van der Waals surface area contributed by atoms with Crippen LogP contribution >= 0.6 is 22.9 Å². The summed E-state index contributed by atoms with van der Waals surface area (Å²) in [6, 6.07) is 6.25. The maximum absolute atomic E-state index is 12.9. The summed E-state index contributed by atoms with van der Waals surface area (Å²) in [5.41, 5.74) is 5.03. The molecule has 0 saturated carbocycles. The molecule has 1 atom stereocenters. The Morgan fingerprint density at radius 2 is 1.89 bits per heavy atom. The summed E-state index contributed by atoms with van der Waals surface area (Å²) in [6.07, 6.45) is -4.46. The van der Waals surface area contributed by atoms with Gasteiger partial charge in [0.25, 0.3) is 0 Å². The third-order valence-electron chi connectivity index (χ3n) is 2.52. The zero-order valence-electron chi connectivity index (χ0n) is 9.04. The predicted molar refractivity (Wildman–Crippen MR) is 66.8 cm³/mol. The van der Waals surface area contributed by atoms with E-state index in [1.54, 1.807) is 17.5 Å². The van der Waals surface area contributed by atoms with E-state index in [2.05, 4.69) is 0 Å². The van der Waals surface area contributed by atoms with E-state index in [4.69, 9.17) is 17.3 Å². The minimum absolute atomic E-state index is 0.0331. The quantitative estimate of drug-likeness (QED) is 0.868. The predicted octanol–water partition coefficient (Wildman–Crippen LogP) is 4.47. The van der Waals surface area contributed by atoms with Crippen LogP contribution in [0.25, 0.3) is 0 Å². The molecule has 1 aromatic carbocycles. The molecule has 2 N–H and O–H groups in total. The van der Waals surface area contributed by atoms with Crippen LogP contribution in [0.15, 0.2) is 35.7 Å². The van der Waals surface area contributed by atoms with Gasteiger partial charge in [-0.1, -0.05) is 23.7 Å². The maximum Gasteiger partial charge on any atom is 0.416 e. The number of thiophene rings is 1. The highest BCUT2D eigenvalue weighted by atomic mass is 35.5. The van der Waals surface area contributed by atoms with E-state index in [9.17, 15) is 13.2 Å². The van der Waals surface area contributed by atoms with E-state index in [0.29, 0.717) is 4.88 Å². The van der Waals surface area contributed by atoms with Crippen molar-refractivity contribution in [3.63, 3.8) is 0 Å². The van der Waals surface area contributed by atoms with Gasteiger partial charge in [-0.25, -0.2) is 0 Å². The summed E-state index contributed by atoms with van der Waals surface area (Å²) in [4.78, 5) is 0.647. The largest absolute Gasteiger partial charge is 0.416 e. The molecule has 96 valence electrons. The Labute approximate surface area is 111 Å². The normalized spacial score (nSPS) is 13.6. The monoisotopic (exact) mass is 291 g/mol. The lowest BCUT2D eigenvalue weighted by molar-refractivity contribution is -0.138. The van der Waals surface area contributed by atoms with E-state index in [1.807, 2.05) is 0 Å². The number of alkyl halides is 3. The molecule has 1 heterocycles. The SMILES string of the molecule is N[C@@H](c1cccs1)c1c(Cl)cccc1C(F)(F)F. The zero-order chi connectivity index (χ0) is 13.3. The van der Waals surface area contributed by atoms with Crippen LogP contribution in [0.3, 0.4) is 0 Å². The van der Waals surface area contributed by atoms with Gasteiger partial charge in [0.05, 0.1) is 11.6 Å². The van der Waals surface area contributed by atoms with Crippen LogP contribution in [0.1, 0.15) is 22.0 Å². The van der Waals surface area contributed by atoms with E-state index in [0.717, 1.165) is 6.07 Å². The number of benzene rings is 1. The number of rotatable bonds is 2. The fourth-order valence-electron chi connectivity index (χ4n) is 1.71. The molecule has 6 heteroatoms. The Balaban J connectivity index is 2.56.